The van der Waals surface area contributed by atoms with Gasteiger partial charge in [0.15, 0.2) is 15.7 Å². The summed E-state index contributed by atoms with van der Waals surface area (Å²) in [5, 5.41) is 5.42. The molecule has 2 heterocycles. The third-order valence-corrected chi connectivity index (χ3v) is 10.4. The zero-order valence-electron chi connectivity index (χ0n) is 21.7. The summed E-state index contributed by atoms with van der Waals surface area (Å²) in [6.45, 7) is 5.26. The molecule has 1 aromatic heterocycles. The number of morpholine rings is 1. The predicted molar refractivity (Wildman–Crippen MR) is 144 cm³/mol. The molecule has 1 aromatic carbocycles. The summed E-state index contributed by atoms with van der Waals surface area (Å²) in [7, 11) is 0.611. The lowest BCUT2D eigenvalue weighted by atomic mass is 10.1. The maximum absolute atomic E-state index is 13.4. The Labute approximate surface area is 218 Å². The van der Waals surface area contributed by atoms with Crippen LogP contribution >= 0.6 is 0 Å². The van der Waals surface area contributed by atoms with E-state index in [0.29, 0.717) is 56.4 Å². The van der Waals surface area contributed by atoms with E-state index in [-0.39, 0.29) is 17.3 Å². The Bertz CT molecular complexity index is 1240. The van der Waals surface area contributed by atoms with Gasteiger partial charge in [0.05, 0.1) is 30.2 Å². The summed E-state index contributed by atoms with van der Waals surface area (Å²) < 4.78 is 31.5. The molecule has 2 aliphatic carbocycles. The number of benzene rings is 1. The summed E-state index contributed by atoms with van der Waals surface area (Å²) in [4.78, 5) is 26.0. The Kier molecular flexibility index (Phi) is 7.12. The van der Waals surface area contributed by atoms with E-state index in [1.807, 2.05) is 49.3 Å². The van der Waals surface area contributed by atoms with Gasteiger partial charge in [-0.3, -0.25) is 0 Å². The summed E-state index contributed by atoms with van der Waals surface area (Å²) >= 11 is 0. The van der Waals surface area contributed by atoms with Crippen molar-refractivity contribution in [3.05, 3.63) is 36.0 Å². The van der Waals surface area contributed by atoms with E-state index in [0.717, 1.165) is 30.8 Å². The van der Waals surface area contributed by atoms with E-state index in [2.05, 4.69) is 22.5 Å². The number of hydrogen-bond donors (Lipinski definition) is 2. The normalized spacial score (nSPS) is 21.1. The lowest BCUT2D eigenvalue weighted by molar-refractivity contribution is 0.0985. The first kappa shape index (κ1) is 25.9. The van der Waals surface area contributed by atoms with Gasteiger partial charge in [-0.1, -0.05) is 0 Å². The molecular weight excluding hydrogens is 492 g/mol. The van der Waals surface area contributed by atoms with Crippen LogP contribution in [-0.4, -0.2) is 87.6 Å². The number of amides is 2. The highest BCUT2D eigenvalue weighted by atomic mass is 32.2. The molecule has 2 N–H and O–H groups in total. The molecular formula is C26H36N6O4S. The van der Waals surface area contributed by atoms with E-state index in [9.17, 15) is 13.2 Å². The van der Waals surface area contributed by atoms with Gasteiger partial charge in [0.1, 0.15) is 10.6 Å². The molecule has 0 bridgehead atoms. The van der Waals surface area contributed by atoms with E-state index in [1.165, 1.54) is 0 Å². The predicted octanol–water partition coefficient (Wildman–Crippen LogP) is 2.62. The minimum atomic E-state index is -3.29. The molecule has 200 valence electrons. The number of sulfone groups is 1. The van der Waals surface area contributed by atoms with Gasteiger partial charge in [-0.2, -0.15) is 0 Å². The molecule has 3 fully saturated rings. The molecule has 0 unspecified atom stereocenters. The van der Waals surface area contributed by atoms with E-state index >= 15 is 0 Å². The zero-order chi connectivity index (χ0) is 26.2. The summed E-state index contributed by atoms with van der Waals surface area (Å²) in [6.07, 6.45) is 2.69. The summed E-state index contributed by atoms with van der Waals surface area (Å²) in [6, 6.07) is 9.07. The fraction of sp³-hybridized carbons (Fsp3) is 0.577. The monoisotopic (exact) mass is 528 g/mol. The molecule has 3 aliphatic rings. The van der Waals surface area contributed by atoms with E-state index in [4.69, 9.17) is 14.7 Å². The third kappa shape index (κ3) is 5.44. The topological polar surface area (TPSA) is 117 Å². The molecule has 2 amide bonds. The van der Waals surface area contributed by atoms with Crippen LogP contribution in [-0.2, 0) is 19.3 Å². The van der Waals surface area contributed by atoms with Crippen LogP contribution in [0.1, 0.15) is 38.3 Å². The minimum Gasteiger partial charge on any atom is -0.377 e. The van der Waals surface area contributed by atoms with Crippen molar-refractivity contribution in [2.24, 2.45) is 0 Å². The molecule has 1 aliphatic heterocycles. The van der Waals surface area contributed by atoms with Gasteiger partial charge in [0, 0.05) is 37.0 Å². The van der Waals surface area contributed by atoms with Gasteiger partial charge < -0.3 is 25.2 Å². The number of rotatable bonds is 9. The highest BCUT2D eigenvalue weighted by molar-refractivity contribution is 7.93. The molecule has 0 radical (unpaired) electrons. The number of likely N-dealkylation sites (N-methyl/N-ethyl adjacent to an activating group) is 1. The van der Waals surface area contributed by atoms with Crippen LogP contribution in [0.2, 0.25) is 0 Å². The number of aromatic nitrogens is 2. The van der Waals surface area contributed by atoms with Gasteiger partial charge >= 0.3 is 6.03 Å². The Balaban J connectivity index is 1.43. The molecule has 5 rings (SSSR count). The van der Waals surface area contributed by atoms with Crippen molar-refractivity contribution in [2.75, 3.05) is 57.2 Å². The average molecular weight is 529 g/mol. The summed E-state index contributed by atoms with van der Waals surface area (Å²) in [5.41, 5.74) is 2.02. The summed E-state index contributed by atoms with van der Waals surface area (Å²) in [5.74, 6) is 1.22. The van der Waals surface area contributed by atoms with Gasteiger partial charge in [-0.05, 0) is 71.0 Å². The first-order chi connectivity index (χ1) is 17.7. The smallest absolute Gasteiger partial charge is 0.319 e. The lowest BCUT2D eigenvalue weighted by Crippen LogP contribution is -2.44. The first-order valence-corrected chi connectivity index (χ1v) is 14.5. The first-order valence-electron chi connectivity index (χ1n) is 13.0. The standard InChI is InChI=1S/C26H36N6O4S/c1-18-17-36-15-14-32(18)23-16-22(26(10-11-26)37(34,35)21-8-9-21)29-24(30-23)19-4-6-20(7-5-19)28-25(33)27-12-13-31(2)3/h4-7,16,18,21H,8-15,17H2,1-3H3,(H2,27,28,33)/t18-/m0/s1. The second-order valence-corrected chi connectivity index (χ2v) is 13.1. The molecule has 1 saturated heterocycles. The quantitative estimate of drug-likeness (QED) is 0.510. The largest absolute Gasteiger partial charge is 0.377 e. The molecule has 11 heteroatoms. The van der Waals surface area contributed by atoms with Crippen molar-refractivity contribution >= 4 is 27.4 Å². The molecule has 2 saturated carbocycles. The van der Waals surface area contributed by atoms with Crippen molar-refractivity contribution in [1.29, 1.82) is 0 Å². The number of nitrogens with one attached hydrogen (secondary N) is 2. The number of carbonyl (C=O) groups excluding carboxylic acids is 1. The minimum absolute atomic E-state index is 0.122. The van der Waals surface area contributed by atoms with Crippen molar-refractivity contribution in [3.63, 3.8) is 0 Å². The lowest BCUT2D eigenvalue weighted by Gasteiger charge is -2.34. The average Bonchev–Trinajstić information content (AvgIpc) is 3.77. The van der Waals surface area contributed by atoms with Crippen LogP contribution in [0.4, 0.5) is 16.3 Å². The molecule has 10 nitrogen and oxygen atoms in total. The van der Waals surface area contributed by atoms with Gasteiger partial charge in [-0.25, -0.2) is 23.2 Å². The fourth-order valence-corrected chi connectivity index (χ4v) is 7.24. The van der Waals surface area contributed by atoms with Crippen molar-refractivity contribution in [3.8, 4) is 11.4 Å². The van der Waals surface area contributed by atoms with Gasteiger partial charge in [0.25, 0.3) is 0 Å². The Morgan fingerprint density at radius 2 is 1.92 bits per heavy atom. The maximum atomic E-state index is 13.4. The highest BCUT2D eigenvalue weighted by Gasteiger charge is 2.61. The third-order valence-electron chi connectivity index (χ3n) is 7.30. The zero-order valence-corrected chi connectivity index (χ0v) is 22.6. The molecule has 0 spiro atoms. The van der Waals surface area contributed by atoms with Crippen LogP contribution < -0.4 is 15.5 Å². The van der Waals surface area contributed by atoms with Crippen LogP contribution in [0, 0.1) is 0 Å². The number of urea groups is 1. The van der Waals surface area contributed by atoms with Crippen molar-refractivity contribution in [1.82, 2.24) is 20.2 Å². The van der Waals surface area contributed by atoms with Crippen LogP contribution in [0.25, 0.3) is 11.4 Å². The van der Waals surface area contributed by atoms with Gasteiger partial charge in [-0.15, -0.1) is 0 Å². The van der Waals surface area contributed by atoms with Crippen LogP contribution in [0.15, 0.2) is 30.3 Å². The Morgan fingerprint density at radius 1 is 1.19 bits per heavy atom. The van der Waals surface area contributed by atoms with Crippen molar-refractivity contribution < 1.29 is 17.9 Å². The Morgan fingerprint density at radius 3 is 2.54 bits per heavy atom. The number of ether oxygens (including phenoxy) is 1. The highest BCUT2D eigenvalue weighted by Crippen LogP contribution is 2.57. The molecule has 37 heavy (non-hydrogen) atoms. The number of hydrogen-bond acceptors (Lipinski definition) is 8. The number of carbonyl (C=O) groups is 1. The fourth-order valence-electron chi connectivity index (χ4n) is 4.78. The maximum Gasteiger partial charge on any atom is 0.319 e. The SMILES string of the molecule is C[C@H]1COCCN1c1cc(C2(S(=O)(=O)C3CC3)CC2)nc(-c2ccc(NC(=O)NCCN(C)C)cc2)n1. The molecule has 2 aromatic rings. The van der Waals surface area contributed by atoms with Crippen molar-refractivity contribution in [2.45, 2.75) is 48.6 Å². The van der Waals surface area contributed by atoms with Crippen LogP contribution in [0.3, 0.4) is 0 Å². The van der Waals surface area contributed by atoms with Gasteiger partial charge in [0.2, 0.25) is 0 Å². The van der Waals surface area contributed by atoms with Crippen LogP contribution in [0.5, 0.6) is 0 Å². The second-order valence-electron chi connectivity index (χ2n) is 10.6. The van der Waals surface area contributed by atoms with E-state index in [1.54, 1.807) is 0 Å². The number of nitrogens with zero attached hydrogens (tertiary/aromatic N) is 4. The van der Waals surface area contributed by atoms with E-state index < -0.39 is 14.6 Å². The number of anilines is 2. The second kappa shape index (κ2) is 10.2. The molecule has 1 atom stereocenters. The Hall–Kier alpha value is -2.76.